The molecule has 0 radical (unpaired) electrons. The molecule has 0 bridgehead atoms. The van der Waals surface area contributed by atoms with Gasteiger partial charge in [0.1, 0.15) is 0 Å². The molecular weight excluding hydrogens is 292 g/mol. The molecule has 0 saturated carbocycles. The number of nitrogens with zero attached hydrogens (tertiary/aromatic N) is 2. The third kappa shape index (κ3) is 3.19. The van der Waals surface area contributed by atoms with E-state index in [1.54, 1.807) is 0 Å². The van der Waals surface area contributed by atoms with E-state index in [-0.39, 0.29) is 5.41 Å². The highest BCUT2D eigenvalue weighted by molar-refractivity contribution is 5.45. The molecule has 2 aromatic rings. The molecule has 0 aromatic heterocycles. The van der Waals surface area contributed by atoms with E-state index in [9.17, 15) is 0 Å². The molecular formula is C22H24N2. The van der Waals surface area contributed by atoms with Gasteiger partial charge in [-0.25, -0.2) is 0 Å². The first-order chi connectivity index (χ1) is 11.6. The maximum atomic E-state index is 9.08. The molecule has 122 valence electrons. The average molecular weight is 316 g/mol. The predicted molar refractivity (Wildman–Crippen MR) is 97.5 cm³/mol. The van der Waals surface area contributed by atoms with Crippen LogP contribution in [0.4, 0.5) is 0 Å². The second-order valence-corrected chi connectivity index (χ2v) is 6.41. The Balaban J connectivity index is 2.66. The molecule has 0 N–H and O–H groups in total. The lowest BCUT2D eigenvalue weighted by atomic mass is 9.63. The van der Waals surface area contributed by atoms with Crippen molar-refractivity contribution in [3.63, 3.8) is 0 Å². The summed E-state index contributed by atoms with van der Waals surface area (Å²) in [6, 6.07) is 20.4. The molecule has 2 heteroatoms. The summed E-state index contributed by atoms with van der Waals surface area (Å²) in [5, 5.41) is 18.2. The zero-order valence-corrected chi connectivity index (χ0v) is 14.7. The highest BCUT2D eigenvalue weighted by Crippen LogP contribution is 2.44. The van der Waals surface area contributed by atoms with Crippen molar-refractivity contribution in [1.29, 1.82) is 10.5 Å². The number of benzene rings is 2. The van der Waals surface area contributed by atoms with E-state index in [0.717, 1.165) is 19.3 Å². The molecule has 1 unspecified atom stereocenters. The van der Waals surface area contributed by atoms with E-state index >= 15 is 0 Å². The second-order valence-electron chi connectivity index (χ2n) is 6.41. The number of rotatable bonds is 6. The summed E-state index contributed by atoms with van der Waals surface area (Å²) in [6.07, 6.45) is 3.18. The first-order valence-electron chi connectivity index (χ1n) is 8.63. The lowest BCUT2D eigenvalue weighted by Gasteiger charge is -2.40. The normalized spacial score (nSPS) is 12.2. The van der Waals surface area contributed by atoms with Crippen LogP contribution in [0.15, 0.2) is 48.5 Å². The first-order valence-corrected chi connectivity index (χ1v) is 8.63. The fourth-order valence-corrected chi connectivity index (χ4v) is 3.70. The summed E-state index contributed by atoms with van der Waals surface area (Å²) >= 11 is 0. The van der Waals surface area contributed by atoms with Crippen molar-refractivity contribution < 1.29 is 0 Å². The van der Waals surface area contributed by atoms with Gasteiger partial charge >= 0.3 is 0 Å². The van der Waals surface area contributed by atoms with Crippen molar-refractivity contribution in [2.75, 3.05) is 0 Å². The van der Waals surface area contributed by atoms with E-state index in [1.807, 2.05) is 24.3 Å². The van der Waals surface area contributed by atoms with Crippen LogP contribution in [-0.2, 0) is 5.41 Å². The Hall–Kier alpha value is -2.58. The standard InChI is InChI=1S/C22H24N2/c1-4-14-22(17(3)5-2,20-10-6-18(15-23)7-11-20)21-12-8-19(16-24)9-13-21/h6-13,17H,4-5,14H2,1-3H3. The van der Waals surface area contributed by atoms with Gasteiger partial charge in [0.25, 0.3) is 0 Å². The molecule has 0 aliphatic heterocycles. The smallest absolute Gasteiger partial charge is 0.0991 e. The SMILES string of the molecule is CCCC(c1ccc(C#N)cc1)(c1ccc(C#N)cc1)C(C)CC. The molecule has 0 aliphatic rings. The molecule has 1 atom stereocenters. The van der Waals surface area contributed by atoms with Crippen molar-refractivity contribution in [2.24, 2.45) is 5.92 Å². The largest absolute Gasteiger partial charge is 0.192 e. The minimum absolute atomic E-state index is 0.0918. The zero-order valence-electron chi connectivity index (χ0n) is 14.7. The van der Waals surface area contributed by atoms with Crippen LogP contribution >= 0.6 is 0 Å². The van der Waals surface area contributed by atoms with Crippen LogP contribution in [0.2, 0.25) is 0 Å². The molecule has 0 spiro atoms. The van der Waals surface area contributed by atoms with E-state index in [1.165, 1.54) is 11.1 Å². The van der Waals surface area contributed by atoms with Crippen LogP contribution in [0.25, 0.3) is 0 Å². The molecule has 0 amide bonds. The summed E-state index contributed by atoms with van der Waals surface area (Å²) in [5.41, 5.74) is 3.79. The van der Waals surface area contributed by atoms with Gasteiger partial charge in [-0.05, 0) is 47.7 Å². The second kappa shape index (κ2) is 7.80. The summed E-state index contributed by atoms with van der Waals surface area (Å²) in [4.78, 5) is 0. The molecule has 2 aromatic carbocycles. The maximum Gasteiger partial charge on any atom is 0.0991 e. The molecule has 0 fully saturated rings. The zero-order chi connectivity index (χ0) is 17.6. The van der Waals surface area contributed by atoms with Crippen LogP contribution in [0.1, 0.15) is 62.3 Å². The third-order valence-electron chi connectivity index (χ3n) is 5.16. The topological polar surface area (TPSA) is 47.6 Å². The van der Waals surface area contributed by atoms with Gasteiger partial charge in [-0.2, -0.15) is 10.5 Å². The highest BCUT2D eigenvalue weighted by atomic mass is 14.4. The van der Waals surface area contributed by atoms with Crippen LogP contribution < -0.4 is 0 Å². The van der Waals surface area contributed by atoms with Crippen molar-refractivity contribution >= 4 is 0 Å². The maximum absolute atomic E-state index is 9.08. The minimum Gasteiger partial charge on any atom is -0.192 e. The number of hydrogen-bond acceptors (Lipinski definition) is 2. The van der Waals surface area contributed by atoms with Crippen molar-refractivity contribution in [3.8, 4) is 12.1 Å². The van der Waals surface area contributed by atoms with Crippen molar-refractivity contribution in [1.82, 2.24) is 0 Å². The van der Waals surface area contributed by atoms with E-state index in [2.05, 4.69) is 57.2 Å². The molecule has 0 aliphatic carbocycles. The van der Waals surface area contributed by atoms with Crippen LogP contribution in [-0.4, -0.2) is 0 Å². The molecule has 2 rings (SSSR count). The van der Waals surface area contributed by atoms with Crippen LogP contribution in [0.5, 0.6) is 0 Å². The van der Waals surface area contributed by atoms with Crippen LogP contribution in [0, 0.1) is 28.6 Å². The Morgan fingerprint density at radius 1 is 0.833 bits per heavy atom. The van der Waals surface area contributed by atoms with E-state index in [4.69, 9.17) is 10.5 Å². The van der Waals surface area contributed by atoms with Crippen molar-refractivity contribution in [2.45, 2.75) is 45.4 Å². The van der Waals surface area contributed by atoms with Gasteiger partial charge in [0.15, 0.2) is 0 Å². The van der Waals surface area contributed by atoms with Gasteiger partial charge in [0.2, 0.25) is 0 Å². The van der Waals surface area contributed by atoms with Gasteiger partial charge in [-0.15, -0.1) is 0 Å². The summed E-state index contributed by atoms with van der Waals surface area (Å²) in [6.45, 7) is 6.73. The predicted octanol–water partition coefficient (Wildman–Crippen LogP) is 5.56. The van der Waals surface area contributed by atoms with Crippen molar-refractivity contribution in [3.05, 3.63) is 70.8 Å². The average Bonchev–Trinajstić information content (AvgIpc) is 2.65. The Bertz CT molecular complexity index is 685. The fraction of sp³-hybridized carbons (Fsp3) is 0.364. The van der Waals surface area contributed by atoms with Gasteiger partial charge in [0.05, 0.1) is 23.3 Å². The highest BCUT2D eigenvalue weighted by Gasteiger charge is 2.38. The molecule has 2 nitrogen and oxygen atoms in total. The third-order valence-corrected chi connectivity index (χ3v) is 5.16. The van der Waals surface area contributed by atoms with Gasteiger partial charge < -0.3 is 0 Å². The van der Waals surface area contributed by atoms with Crippen LogP contribution in [0.3, 0.4) is 0 Å². The lowest BCUT2D eigenvalue weighted by Crippen LogP contribution is -2.35. The number of nitriles is 2. The Kier molecular flexibility index (Phi) is 5.78. The monoisotopic (exact) mass is 316 g/mol. The molecule has 0 saturated heterocycles. The Morgan fingerprint density at radius 2 is 1.25 bits per heavy atom. The lowest BCUT2D eigenvalue weighted by molar-refractivity contribution is 0.310. The molecule has 0 heterocycles. The van der Waals surface area contributed by atoms with Gasteiger partial charge in [-0.1, -0.05) is 57.9 Å². The quantitative estimate of drug-likeness (QED) is 0.700. The van der Waals surface area contributed by atoms with Gasteiger partial charge in [-0.3, -0.25) is 0 Å². The van der Waals surface area contributed by atoms with Gasteiger partial charge in [0, 0.05) is 5.41 Å². The fourth-order valence-electron chi connectivity index (χ4n) is 3.70. The first kappa shape index (κ1) is 17.8. The molecule has 24 heavy (non-hydrogen) atoms. The minimum atomic E-state index is -0.0918. The summed E-state index contributed by atoms with van der Waals surface area (Å²) in [7, 11) is 0. The summed E-state index contributed by atoms with van der Waals surface area (Å²) < 4.78 is 0. The summed E-state index contributed by atoms with van der Waals surface area (Å²) in [5.74, 6) is 0.457. The van der Waals surface area contributed by atoms with E-state index in [0.29, 0.717) is 17.0 Å². The number of hydrogen-bond donors (Lipinski definition) is 0. The van der Waals surface area contributed by atoms with E-state index < -0.39 is 0 Å². The Labute approximate surface area is 145 Å². The Morgan fingerprint density at radius 3 is 1.54 bits per heavy atom.